The Labute approximate surface area is 169 Å². The summed E-state index contributed by atoms with van der Waals surface area (Å²) in [5, 5.41) is 0.593. The van der Waals surface area contributed by atoms with E-state index in [2.05, 4.69) is 11.9 Å². The molecule has 0 unspecified atom stereocenters. The zero-order valence-corrected chi connectivity index (χ0v) is 17.1. The van der Waals surface area contributed by atoms with Gasteiger partial charge in [-0.1, -0.05) is 43.1 Å². The minimum Gasteiger partial charge on any atom is -0.493 e. The first-order valence-electron chi connectivity index (χ1n) is 9.33. The second-order valence-corrected chi connectivity index (χ2v) is 6.99. The Morgan fingerprint density at radius 3 is 2.64 bits per heavy atom. The molecule has 6 heteroatoms. The first-order valence-corrected chi connectivity index (χ1v) is 9.71. The average molecular weight is 398 g/mol. The molecule has 3 rings (SSSR count). The van der Waals surface area contributed by atoms with Gasteiger partial charge in [-0.25, -0.2) is 9.67 Å². The summed E-state index contributed by atoms with van der Waals surface area (Å²) < 4.78 is 9.26. The minimum atomic E-state index is -0.169. The number of aromatic nitrogens is 2. The molecule has 0 bridgehead atoms. The van der Waals surface area contributed by atoms with Crippen molar-refractivity contribution in [2.45, 2.75) is 26.7 Å². The summed E-state index contributed by atoms with van der Waals surface area (Å²) in [5.74, 6) is 0.707. The van der Waals surface area contributed by atoms with Gasteiger partial charge >= 0.3 is 0 Å². The molecular weight excluding hydrogens is 374 g/mol. The molecule has 0 radical (unpaired) electrons. The highest BCUT2D eigenvalue weighted by atomic mass is 35.5. The molecule has 5 nitrogen and oxygen atoms in total. The van der Waals surface area contributed by atoms with E-state index >= 15 is 0 Å². The molecule has 1 aromatic heterocycles. The molecule has 1 heterocycles. The molecule has 0 aliphatic rings. The smallest absolute Gasteiger partial charge is 0.297 e. The van der Waals surface area contributed by atoms with Gasteiger partial charge in [-0.3, -0.25) is 9.48 Å². The second-order valence-electron chi connectivity index (χ2n) is 6.55. The number of ether oxygens (including phenoxy) is 1. The van der Waals surface area contributed by atoms with Crippen molar-refractivity contribution >= 4 is 23.5 Å². The number of para-hydroxylation sites is 1. The lowest BCUT2D eigenvalue weighted by Crippen LogP contribution is -2.19. The number of aliphatic imine (C=N–C) groups is 1. The Bertz CT molecular complexity index is 1040. The summed E-state index contributed by atoms with van der Waals surface area (Å²) in [6.07, 6.45) is 3.67. The fourth-order valence-electron chi connectivity index (χ4n) is 2.92. The van der Waals surface area contributed by atoms with E-state index in [9.17, 15) is 4.79 Å². The van der Waals surface area contributed by atoms with Crippen molar-refractivity contribution in [2.75, 3.05) is 6.61 Å². The van der Waals surface area contributed by atoms with Gasteiger partial charge in [0.2, 0.25) is 0 Å². The molecule has 0 aliphatic carbocycles. The number of rotatable bonds is 7. The van der Waals surface area contributed by atoms with E-state index < -0.39 is 0 Å². The van der Waals surface area contributed by atoms with Gasteiger partial charge in [0.15, 0.2) is 5.69 Å². The van der Waals surface area contributed by atoms with E-state index in [0.717, 1.165) is 29.8 Å². The van der Waals surface area contributed by atoms with Crippen LogP contribution >= 0.6 is 11.6 Å². The predicted octanol–water partition coefficient (Wildman–Crippen LogP) is 5.07. The van der Waals surface area contributed by atoms with Gasteiger partial charge in [0, 0.05) is 23.8 Å². The van der Waals surface area contributed by atoms with Crippen LogP contribution in [-0.4, -0.2) is 22.2 Å². The summed E-state index contributed by atoms with van der Waals surface area (Å²) in [6, 6.07) is 14.9. The van der Waals surface area contributed by atoms with E-state index in [1.807, 2.05) is 50.4 Å². The summed E-state index contributed by atoms with van der Waals surface area (Å²) >= 11 is 6.14. The maximum atomic E-state index is 13.0. The van der Waals surface area contributed by atoms with Crippen molar-refractivity contribution in [1.29, 1.82) is 0 Å². The molecule has 0 amide bonds. The Hall–Kier alpha value is -2.79. The first kappa shape index (κ1) is 20.0. The quantitative estimate of drug-likeness (QED) is 0.413. The minimum absolute atomic E-state index is 0.169. The van der Waals surface area contributed by atoms with Crippen molar-refractivity contribution < 1.29 is 4.74 Å². The molecule has 3 aromatic rings. The molecule has 0 aliphatic heterocycles. The van der Waals surface area contributed by atoms with Crippen molar-refractivity contribution in [3.63, 3.8) is 0 Å². The predicted molar refractivity (Wildman–Crippen MR) is 115 cm³/mol. The molecule has 0 spiro atoms. The van der Waals surface area contributed by atoms with Crippen molar-refractivity contribution in [3.05, 3.63) is 75.2 Å². The largest absolute Gasteiger partial charge is 0.493 e. The monoisotopic (exact) mass is 397 g/mol. The molecule has 146 valence electrons. The van der Waals surface area contributed by atoms with Crippen LogP contribution in [0.2, 0.25) is 5.02 Å². The zero-order valence-electron chi connectivity index (χ0n) is 16.4. The molecule has 28 heavy (non-hydrogen) atoms. The van der Waals surface area contributed by atoms with Crippen LogP contribution in [-0.2, 0) is 7.05 Å². The summed E-state index contributed by atoms with van der Waals surface area (Å²) in [7, 11) is 1.85. The van der Waals surface area contributed by atoms with Crippen LogP contribution in [0.4, 0.5) is 5.69 Å². The highest BCUT2D eigenvalue weighted by molar-refractivity contribution is 6.30. The van der Waals surface area contributed by atoms with Crippen LogP contribution in [0, 0.1) is 6.92 Å². The van der Waals surface area contributed by atoms with Crippen LogP contribution < -0.4 is 10.3 Å². The average Bonchev–Trinajstić information content (AvgIpc) is 2.91. The summed E-state index contributed by atoms with van der Waals surface area (Å²) in [5.41, 5.74) is 2.55. The van der Waals surface area contributed by atoms with Crippen LogP contribution in [0.3, 0.4) is 0 Å². The molecule has 0 saturated carbocycles. The SMILES string of the molecule is CCCCOc1ccc(Cl)cc1C=Nc1c(C)n(C)n(-c2ccccc2)c1=O. The third kappa shape index (κ3) is 4.20. The lowest BCUT2D eigenvalue weighted by Gasteiger charge is -2.08. The van der Waals surface area contributed by atoms with Crippen LogP contribution in [0.5, 0.6) is 5.75 Å². The lowest BCUT2D eigenvalue weighted by molar-refractivity contribution is 0.309. The second kappa shape index (κ2) is 8.93. The zero-order chi connectivity index (χ0) is 20.1. The Morgan fingerprint density at radius 1 is 1.18 bits per heavy atom. The van der Waals surface area contributed by atoms with E-state index in [1.54, 1.807) is 27.7 Å². The van der Waals surface area contributed by atoms with E-state index in [0.29, 0.717) is 23.1 Å². The molecule has 2 aromatic carbocycles. The number of halogens is 1. The van der Waals surface area contributed by atoms with Crippen molar-refractivity contribution in [1.82, 2.24) is 9.36 Å². The number of benzene rings is 2. The van der Waals surface area contributed by atoms with Crippen LogP contribution in [0.1, 0.15) is 31.0 Å². The molecule has 0 saturated heterocycles. The fourth-order valence-corrected chi connectivity index (χ4v) is 3.10. The van der Waals surface area contributed by atoms with Gasteiger partial charge in [0.25, 0.3) is 5.56 Å². The third-order valence-corrected chi connectivity index (χ3v) is 4.82. The third-order valence-electron chi connectivity index (χ3n) is 4.58. The van der Waals surface area contributed by atoms with E-state index in [-0.39, 0.29) is 5.56 Å². The highest BCUT2D eigenvalue weighted by Crippen LogP contribution is 2.23. The Morgan fingerprint density at radius 2 is 1.93 bits per heavy atom. The topological polar surface area (TPSA) is 48.5 Å². The Balaban J connectivity index is 1.98. The highest BCUT2D eigenvalue weighted by Gasteiger charge is 2.15. The molecule has 0 N–H and O–H groups in total. The maximum Gasteiger partial charge on any atom is 0.297 e. The molecular formula is C22H24ClN3O2. The number of hydrogen-bond acceptors (Lipinski definition) is 3. The lowest BCUT2D eigenvalue weighted by atomic mass is 10.2. The molecule has 0 fully saturated rings. The number of unbranched alkanes of at least 4 members (excludes halogenated alkanes) is 1. The van der Waals surface area contributed by atoms with Crippen LogP contribution in [0.25, 0.3) is 5.69 Å². The van der Waals surface area contributed by atoms with E-state index in [4.69, 9.17) is 16.3 Å². The maximum absolute atomic E-state index is 13.0. The van der Waals surface area contributed by atoms with Crippen molar-refractivity contribution in [3.8, 4) is 11.4 Å². The van der Waals surface area contributed by atoms with Crippen LogP contribution in [0.15, 0.2) is 58.3 Å². The number of nitrogens with zero attached hydrogens (tertiary/aromatic N) is 3. The van der Waals surface area contributed by atoms with Gasteiger partial charge in [-0.05, 0) is 43.7 Å². The van der Waals surface area contributed by atoms with Gasteiger partial charge in [0.1, 0.15) is 5.75 Å². The number of hydrogen-bond donors (Lipinski definition) is 0. The first-order chi connectivity index (χ1) is 13.5. The normalized spacial score (nSPS) is 11.3. The van der Waals surface area contributed by atoms with E-state index in [1.165, 1.54) is 0 Å². The van der Waals surface area contributed by atoms with Gasteiger partial charge in [-0.15, -0.1) is 0 Å². The van der Waals surface area contributed by atoms with Gasteiger partial charge < -0.3 is 4.74 Å². The molecule has 0 atom stereocenters. The summed E-state index contributed by atoms with van der Waals surface area (Å²) in [6.45, 7) is 4.62. The standard InChI is InChI=1S/C22H24ClN3O2/c1-4-5-13-28-20-12-11-18(23)14-17(20)15-24-21-16(2)25(3)26(22(21)27)19-9-7-6-8-10-19/h6-12,14-15H,4-5,13H2,1-3H3. The Kier molecular flexibility index (Phi) is 6.37. The summed E-state index contributed by atoms with van der Waals surface area (Å²) in [4.78, 5) is 17.5. The fraction of sp³-hybridized carbons (Fsp3) is 0.273. The van der Waals surface area contributed by atoms with Crippen molar-refractivity contribution in [2.24, 2.45) is 12.0 Å². The van der Waals surface area contributed by atoms with Gasteiger partial charge in [0.05, 0.1) is 18.0 Å². The van der Waals surface area contributed by atoms with Gasteiger partial charge in [-0.2, -0.15) is 0 Å².